The Morgan fingerprint density at radius 2 is 1.85 bits per heavy atom. The van der Waals surface area contributed by atoms with Crippen molar-refractivity contribution >= 4 is 11.6 Å². The minimum atomic E-state index is -2.65. The molecule has 0 unspecified atom stereocenters. The summed E-state index contributed by atoms with van der Waals surface area (Å²) in [7, 11) is 1.60. The molecule has 5 aliphatic carbocycles. The first-order valence-electron chi connectivity index (χ1n) is 14.8. The average molecular weight is 567 g/mol. The molecule has 5 fully saturated rings. The van der Waals surface area contributed by atoms with Gasteiger partial charge in [-0.3, -0.25) is 4.79 Å². The first-order chi connectivity index (χ1) is 19.8. The normalized spacial score (nSPS) is 27.1. The van der Waals surface area contributed by atoms with E-state index in [0.29, 0.717) is 30.7 Å². The molecule has 8 nitrogen and oxygen atoms in total. The summed E-state index contributed by atoms with van der Waals surface area (Å²) in [4.78, 5) is 24.9. The van der Waals surface area contributed by atoms with Crippen LogP contribution in [0.4, 0.5) is 14.5 Å². The van der Waals surface area contributed by atoms with Crippen LogP contribution in [0, 0.1) is 11.3 Å². The second-order valence-corrected chi connectivity index (χ2v) is 13.0. The quantitative estimate of drug-likeness (QED) is 0.266. The number of benzene rings is 1. The molecule has 5 aliphatic rings. The molecule has 0 saturated heterocycles. The Hall–Kier alpha value is -3.14. The molecule has 2 aromatic heterocycles. The summed E-state index contributed by atoms with van der Waals surface area (Å²) in [5.74, 6) is -0.472. The first kappa shape index (κ1) is 26.7. The maximum atomic E-state index is 13.8. The van der Waals surface area contributed by atoms with Crippen molar-refractivity contribution in [3.63, 3.8) is 0 Å². The number of anilines is 1. The standard InChI is InChI=1S/C31H36F2N4O4/c1-39-17-23-18-40-27(34-23)22-3-2-4-24(14-22)37(25(38)13-20-15-31(32,33)16-20)19-29-7-10-30(11-8-29,12-9-29)28-35-26(36-41-28)21-5-6-21/h2-4,14,18,20-21H,5-13,15-17,19H2,1H3. The molecular formula is C31H36F2N4O4. The lowest BCUT2D eigenvalue weighted by atomic mass is 9.53. The summed E-state index contributed by atoms with van der Waals surface area (Å²) in [6.45, 7) is 0.904. The highest BCUT2D eigenvalue weighted by Crippen LogP contribution is 2.58. The molecule has 1 amide bonds. The number of hydrogen-bond acceptors (Lipinski definition) is 7. The fourth-order valence-electron chi connectivity index (χ4n) is 7.18. The molecule has 0 atom stereocenters. The van der Waals surface area contributed by atoms with Crippen LogP contribution in [0.3, 0.4) is 0 Å². The molecule has 1 aromatic carbocycles. The topological polar surface area (TPSA) is 94.5 Å². The highest BCUT2D eigenvalue weighted by Gasteiger charge is 2.53. The van der Waals surface area contributed by atoms with Crippen LogP contribution in [0.25, 0.3) is 11.5 Å². The van der Waals surface area contributed by atoms with Crippen LogP contribution >= 0.6 is 0 Å². The van der Waals surface area contributed by atoms with Gasteiger partial charge in [0.2, 0.25) is 23.6 Å². The zero-order valence-electron chi connectivity index (χ0n) is 23.4. The van der Waals surface area contributed by atoms with Gasteiger partial charge in [-0.05, 0) is 80.9 Å². The van der Waals surface area contributed by atoms with Crippen LogP contribution in [-0.2, 0) is 21.6 Å². The summed E-state index contributed by atoms with van der Waals surface area (Å²) < 4.78 is 43.9. The third-order valence-electron chi connectivity index (χ3n) is 9.92. The molecule has 2 heterocycles. The number of hydrogen-bond donors (Lipinski definition) is 0. The first-order valence-corrected chi connectivity index (χ1v) is 14.8. The van der Waals surface area contributed by atoms with Gasteiger partial charge in [0.25, 0.3) is 0 Å². The maximum absolute atomic E-state index is 13.8. The minimum absolute atomic E-state index is 0.0368. The lowest BCUT2D eigenvalue weighted by Gasteiger charge is -2.53. The summed E-state index contributed by atoms with van der Waals surface area (Å²) in [5, 5.41) is 4.28. The van der Waals surface area contributed by atoms with Crippen LogP contribution in [0.2, 0.25) is 0 Å². The Morgan fingerprint density at radius 1 is 1.10 bits per heavy atom. The van der Waals surface area contributed by atoms with Gasteiger partial charge in [-0.1, -0.05) is 11.2 Å². The predicted octanol–water partition coefficient (Wildman–Crippen LogP) is 6.81. The van der Waals surface area contributed by atoms with Gasteiger partial charge in [0.15, 0.2) is 5.82 Å². The number of methoxy groups -OCH3 is 1. The molecule has 0 radical (unpaired) electrons. The second kappa shape index (κ2) is 10.00. The molecule has 3 aromatic rings. The summed E-state index contributed by atoms with van der Waals surface area (Å²) >= 11 is 0. The summed E-state index contributed by atoms with van der Waals surface area (Å²) in [6, 6.07) is 7.62. The van der Waals surface area contributed by atoms with Crippen LogP contribution in [-0.4, -0.2) is 40.6 Å². The number of alkyl halides is 2. The van der Waals surface area contributed by atoms with Crippen molar-refractivity contribution in [1.29, 1.82) is 0 Å². The van der Waals surface area contributed by atoms with Gasteiger partial charge in [-0.2, -0.15) is 4.98 Å². The zero-order valence-corrected chi connectivity index (χ0v) is 23.4. The van der Waals surface area contributed by atoms with Crippen molar-refractivity contribution in [2.75, 3.05) is 18.6 Å². The highest BCUT2D eigenvalue weighted by atomic mass is 19.3. The minimum Gasteiger partial charge on any atom is -0.444 e. The van der Waals surface area contributed by atoms with Crippen LogP contribution in [0.1, 0.15) is 94.0 Å². The summed E-state index contributed by atoms with van der Waals surface area (Å²) in [5.41, 5.74) is 2.07. The van der Waals surface area contributed by atoms with Crippen molar-refractivity contribution in [2.24, 2.45) is 11.3 Å². The van der Waals surface area contributed by atoms with Crippen LogP contribution in [0.5, 0.6) is 0 Å². The number of halogens is 2. The summed E-state index contributed by atoms with van der Waals surface area (Å²) in [6.07, 6.45) is 9.28. The number of aromatic nitrogens is 3. The predicted molar refractivity (Wildman–Crippen MR) is 145 cm³/mol. The zero-order chi connectivity index (χ0) is 28.2. The number of oxazole rings is 1. The lowest BCUT2D eigenvalue weighted by molar-refractivity contribution is -0.132. The van der Waals surface area contributed by atoms with E-state index in [2.05, 4.69) is 10.1 Å². The van der Waals surface area contributed by atoms with E-state index in [0.717, 1.165) is 74.3 Å². The largest absolute Gasteiger partial charge is 0.444 e. The molecule has 0 aliphatic heterocycles. The smallest absolute Gasteiger partial charge is 0.248 e. The molecule has 8 rings (SSSR count). The van der Waals surface area contributed by atoms with Gasteiger partial charge < -0.3 is 18.6 Å². The van der Waals surface area contributed by atoms with Gasteiger partial charge in [-0.15, -0.1) is 0 Å². The van der Waals surface area contributed by atoms with Crippen LogP contribution < -0.4 is 4.90 Å². The fraction of sp³-hybridized carbons (Fsp3) is 0.613. The van der Waals surface area contributed by atoms with Crippen molar-refractivity contribution in [3.8, 4) is 11.5 Å². The Kier molecular flexibility index (Phi) is 6.52. The van der Waals surface area contributed by atoms with Crippen molar-refractivity contribution in [3.05, 3.63) is 47.9 Å². The van der Waals surface area contributed by atoms with Gasteiger partial charge >= 0.3 is 0 Å². The highest BCUT2D eigenvalue weighted by molar-refractivity contribution is 5.94. The number of fused-ring (bicyclic) bond motifs is 3. The maximum Gasteiger partial charge on any atom is 0.248 e. The van der Waals surface area contributed by atoms with E-state index in [1.54, 1.807) is 13.4 Å². The Bertz CT molecular complexity index is 1400. The van der Waals surface area contributed by atoms with Gasteiger partial charge in [-0.25, -0.2) is 13.8 Å². The van der Waals surface area contributed by atoms with E-state index >= 15 is 0 Å². The molecule has 5 saturated carbocycles. The Labute approximate surface area is 237 Å². The molecule has 10 heteroatoms. The fourth-order valence-corrected chi connectivity index (χ4v) is 7.18. The average Bonchev–Trinajstić information content (AvgIpc) is 3.48. The number of carbonyl (C=O) groups is 1. The lowest BCUT2D eigenvalue weighted by Crippen LogP contribution is -2.51. The molecular weight excluding hydrogens is 530 g/mol. The number of ether oxygens (including phenoxy) is 1. The van der Waals surface area contributed by atoms with Crippen LogP contribution in [0.15, 0.2) is 39.5 Å². The van der Waals surface area contributed by atoms with Gasteiger partial charge in [0.1, 0.15) is 12.0 Å². The number of rotatable bonds is 10. The van der Waals surface area contributed by atoms with E-state index in [-0.39, 0.29) is 41.9 Å². The monoisotopic (exact) mass is 566 g/mol. The van der Waals surface area contributed by atoms with E-state index in [9.17, 15) is 13.6 Å². The van der Waals surface area contributed by atoms with E-state index < -0.39 is 5.92 Å². The number of carbonyl (C=O) groups excluding carboxylic acids is 1. The Morgan fingerprint density at radius 3 is 2.54 bits per heavy atom. The SMILES string of the molecule is COCc1coc(-c2cccc(N(CC34CCC(c5nc(C6CC6)no5)(CC3)CC4)C(=O)CC3CC(F)(F)C3)c2)n1. The Balaban J connectivity index is 1.12. The van der Waals surface area contributed by atoms with Gasteiger partial charge in [0.05, 0.1) is 6.61 Å². The third kappa shape index (κ3) is 5.19. The number of amides is 1. The second-order valence-electron chi connectivity index (χ2n) is 13.0. The van der Waals surface area contributed by atoms with Gasteiger partial charge in [0, 0.05) is 55.5 Å². The number of nitrogens with zero attached hydrogens (tertiary/aromatic N) is 4. The van der Waals surface area contributed by atoms with E-state index in [1.807, 2.05) is 29.2 Å². The van der Waals surface area contributed by atoms with E-state index in [1.165, 1.54) is 0 Å². The molecule has 0 N–H and O–H groups in total. The molecule has 218 valence electrons. The van der Waals surface area contributed by atoms with E-state index in [4.69, 9.17) is 18.7 Å². The van der Waals surface area contributed by atoms with Crippen molar-refractivity contribution < 1.29 is 27.3 Å². The van der Waals surface area contributed by atoms with Crippen molar-refractivity contribution in [2.45, 2.75) is 94.5 Å². The van der Waals surface area contributed by atoms with Crippen molar-refractivity contribution in [1.82, 2.24) is 15.1 Å². The third-order valence-corrected chi connectivity index (χ3v) is 9.92. The molecule has 0 spiro atoms. The molecule has 41 heavy (non-hydrogen) atoms. The molecule has 2 bridgehead atoms.